The van der Waals surface area contributed by atoms with Gasteiger partial charge in [0, 0.05) is 11.6 Å². The molecule has 2 rings (SSSR count). The minimum Gasteiger partial charge on any atom is -0.508 e. The van der Waals surface area contributed by atoms with Crippen molar-refractivity contribution in [2.75, 3.05) is 0 Å². The Kier molecular flexibility index (Phi) is 4.24. The quantitative estimate of drug-likeness (QED) is 0.789. The highest BCUT2D eigenvalue weighted by molar-refractivity contribution is 5.94. The van der Waals surface area contributed by atoms with Crippen molar-refractivity contribution in [2.45, 2.75) is 45.1 Å². The van der Waals surface area contributed by atoms with Gasteiger partial charge in [0.2, 0.25) is 0 Å². The van der Waals surface area contributed by atoms with Gasteiger partial charge in [-0.2, -0.15) is 0 Å². The summed E-state index contributed by atoms with van der Waals surface area (Å²) in [5, 5.41) is 12.4. The number of amides is 1. The number of hydrogen-bond acceptors (Lipinski definition) is 2. The summed E-state index contributed by atoms with van der Waals surface area (Å²) in [4.78, 5) is 12.0. The largest absolute Gasteiger partial charge is 0.508 e. The summed E-state index contributed by atoms with van der Waals surface area (Å²) in [5.74, 6) is 0.829. The average molecular weight is 247 g/mol. The average Bonchev–Trinajstić information content (AvgIpc) is 2.54. The third-order valence-corrected chi connectivity index (χ3v) is 3.70. The van der Waals surface area contributed by atoms with E-state index < -0.39 is 0 Å². The summed E-state index contributed by atoms with van der Waals surface area (Å²) in [6.07, 6.45) is 5.76. The predicted octanol–water partition coefficient (Wildman–Crippen LogP) is 3.09. The Balaban J connectivity index is 1.94. The third-order valence-electron chi connectivity index (χ3n) is 3.70. The Labute approximate surface area is 108 Å². The zero-order valence-electron chi connectivity index (χ0n) is 10.9. The first-order valence-corrected chi connectivity index (χ1v) is 6.75. The number of carbonyl (C=O) groups excluding carboxylic acids is 1. The van der Waals surface area contributed by atoms with Crippen molar-refractivity contribution in [1.29, 1.82) is 0 Å². The number of hydrogen-bond donors (Lipinski definition) is 2. The first-order chi connectivity index (χ1) is 8.65. The maximum Gasteiger partial charge on any atom is 0.251 e. The zero-order chi connectivity index (χ0) is 13.0. The molecule has 0 aliphatic heterocycles. The Morgan fingerprint density at radius 3 is 2.89 bits per heavy atom. The molecular formula is C15H21NO2. The van der Waals surface area contributed by atoms with Gasteiger partial charge in [0.25, 0.3) is 5.91 Å². The van der Waals surface area contributed by atoms with Gasteiger partial charge in [0.05, 0.1) is 0 Å². The monoisotopic (exact) mass is 247 g/mol. The van der Waals surface area contributed by atoms with Crippen molar-refractivity contribution < 1.29 is 9.90 Å². The van der Waals surface area contributed by atoms with Crippen LogP contribution in [0.2, 0.25) is 0 Å². The van der Waals surface area contributed by atoms with Gasteiger partial charge in [-0.05, 0) is 43.4 Å². The van der Waals surface area contributed by atoms with Crippen molar-refractivity contribution in [2.24, 2.45) is 5.92 Å². The lowest BCUT2D eigenvalue weighted by molar-refractivity contribution is 0.0932. The lowest BCUT2D eigenvalue weighted by Crippen LogP contribution is -2.34. The molecule has 0 aromatic heterocycles. The highest BCUT2D eigenvalue weighted by atomic mass is 16.3. The van der Waals surface area contributed by atoms with Gasteiger partial charge in [-0.15, -0.1) is 0 Å². The summed E-state index contributed by atoms with van der Waals surface area (Å²) < 4.78 is 0. The highest BCUT2D eigenvalue weighted by Gasteiger charge is 2.18. The Bertz CT molecular complexity index is 417. The number of aromatic hydroxyl groups is 1. The summed E-state index contributed by atoms with van der Waals surface area (Å²) >= 11 is 0. The van der Waals surface area contributed by atoms with Gasteiger partial charge in [0.15, 0.2) is 0 Å². The molecule has 1 aromatic rings. The van der Waals surface area contributed by atoms with E-state index in [1.165, 1.54) is 25.3 Å². The lowest BCUT2D eigenvalue weighted by Gasteiger charge is -2.16. The molecule has 2 atom stereocenters. The topological polar surface area (TPSA) is 49.3 Å². The van der Waals surface area contributed by atoms with E-state index in [-0.39, 0.29) is 17.7 Å². The fourth-order valence-electron chi connectivity index (χ4n) is 2.55. The molecule has 1 aromatic carbocycles. The Morgan fingerprint density at radius 1 is 1.28 bits per heavy atom. The van der Waals surface area contributed by atoms with Gasteiger partial charge in [-0.3, -0.25) is 4.79 Å². The molecular weight excluding hydrogens is 226 g/mol. The number of phenols is 1. The first-order valence-electron chi connectivity index (χ1n) is 6.75. The number of rotatable bonds is 2. The second-order valence-corrected chi connectivity index (χ2v) is 5.33. The first kappa shape index (κ1) is 12.9. The maximum absolute atomic E-state index is 12.0. The molecule has 18 heavy (non-hydrogen) atoms. The van der Waals surface area contributed by atoms with E-state index in [9.17, 15) is 9.90 Å². The van der Waals surface area contributed by atoms with Gasteiger partial charge in [-0.25, -0.2) is 0 Å². The molecule has 3 nitrogen and oxygen atoms in total. The van der Waals surface area contributed by atoms with E-state index in [0.717, 1.165) is 18.8 Å². The molecule has 2 N–H and O–H groups in total. The molecule has 0 spiro atoms. The molecule has 1 amide bonds. The normalized spacial score (nSPS) is 24.3. The second kappa shape index (κ2) is 5.89. The predicted molar refractivity (Wildman–Crippen MR) is 71.6 cm³/mol. The maximum atomic E-state index is 12.0. The van der Waals surface area contributed by atoms with Crippen LogP contribution in [0.25, 0.3) is 0 Å². The lowest BCUT2D eigenvalue weighted by atomic mass is 10.0. The summed E-state index contributed by atoms with van der Waals surface area (Å²) in [7, 11) is 0. The van der Waals surface area contributed by atoms with Crippen LogP contribution in [-0.4, -0.2) is 17.1 Å². The molecule has 1 fully saturated rings. The Morgan fingerprint density at radius 2 is 2.11 bits per heavy atom. The molecule has 1 saturated carbocycles. The number of benzene rings is 1. The number of phenolic OH excluding ortho intramolecular Hbond substituents is 1. The smallest absolute Gasteiger partial charge is 0.251 e. The summed E-state index contributed by atoms with van der Waals surface area (Å²) in [6, 6.07) is 6.79. The molecule has 2 unspecified atom stereocenters. The zero-order valence-corrected chi connectivity index (χ0v) is 10.9. The molecule has 0 radical (unpaired) electrons. The van der Waals surface area contributed by atoms with Gasteiger partial charge in [-0.1, -0.05) is 25.8 Å². The van der Waals surface area contributed by atoms with Crippen LogP contribution in [0, 0.1) is 5.92 Å². The van der Waals surface area contributed by atoms with E-state index in [2.05, 4.69) is 12.2 Å². The molecule has 3 heteroatoms. The minimum atomic E-state index is -0.0783. The van der Waals surface area contributed by atoms with E-state index >= 15 is 0 Å². The van der Waals surface area contributed by atoms with Gasteiger partial charge in [0.1, 0.15) is 5.75 Å². The van der Waals surface area contributed by atoms with Crippen LogP contribution in [0.15, 0.2) is 24.3 Å². The summed E-state index contributed by atoms with van der Waals surface area (Å²) in [6.45, 7) is 2.28. The third kappa shape index (κ3) is 3.49. The molecule has 0 heterocycles. The van der Waals surface area contributed by atoms with E-state index in [1.807, 2.05) is 0 Å². The van der Waals surface area contributed by atoms with Crippen molar-refractivity contribution in [3.05, 3.63) is 29.8 Å². The van der Waals surface area contributed by atoms with E-state index in [1.54, 1.807) is 18.2 Å². The molecule has 98 valence electrons. The molecule has 1 aliphatic rings. The second-order valence-electron chi connectivity index (χ2n) is 5.33. The van der Waals surface area contributed by atoms with Crippen molar-refractivity contribution in [3.63, 3.8) is 0 Å². The molecule has 0 bridgehead atoms. The Hall–Kier alpha value is -1.51. The SMILES string of the molecule is CC1CCCC(NC(=O)c2cccc(O)c2)CC1. The number of nitrogens with one attached hydrogen (secondary N) is 1. The number of carbonyl (C=O) groups is 1. The molecule has 1 aliphatic carbocycles. The fourth-order valence-corrected chi connectivity index (χ4v) is 2.55. The van der Waals surface area contributed by atoms with E-state index in [4.69, 9.17) is 0 Å². The van der Waals surface area contributed by atoms with Crippen LogP contribution in [0.4, 0.5) is 0 Å². The van der Waals surface area contributed by atoms with Gasteiger partial charge < -0.3 is 10.4 Å². The summed E-state index contributed by atoms with van der Waals surface area (Å²) in [5.41, 5.74) is 0.535. The molecule has 0 saturated heterocycles. The van der Waals surface area contributed by atoms with Crippen LogP contribution in [-0.2, 0) is 0 Å². The van der Waals surface area contributed by atoms with Crippen LogP contribution < -0.4 is 5.32 Å². The fraction of sp³-hybridized carbons (Fsp3) is 0.533. The minimum absolute atomic E-state index is 0.0783. The van der Waals surface area contributed by atoms with Gasteiger partial charge >= 0.3 is 0 Å². The van der Waals surface area contributed by atoms with E-state index in [0.29, 0.717) is 5.56 Å². The van der Waals surface area contributed by atoms with Crippen LogP contribution in [0.5, 0.6) is 5.75 Å². The van der Waals surface area contributed by atoms with Crippen LogP contribution >= 0.6 is 0 Å². The van der Waals surface area contributed by atoms with Crippen molar-refractivity contribution in [3.8, 4) is 5.75 Å². The van der Waals surface area contributed by atoms with Crippen LogP contribution in [0.1, 0.15) is 49.4 Å². The highest BCUT2D eigenvalue weighted by Crippen LogP contribution is 2.23. The van der Waals surface area contributed by atoms with Crippen LogP contribution in [0.3, 0.4) is 0 Å². The van der Waals surface area contributed by atoms with Crippen molar-refractivity contribution >= 4 is 5.91 Å². The van der Waals surface area contributed by atoms with Crippen molar-refractivity contribution in [1.82, 2.24) is 5.32 Å². The standard InChI is InChI=1S/C15H21NO2/c1-11-4-2-6-13(9-8-11)16-15(18)12-5-3-7-14(17)10-12/h3,5,7,10-11,13,17H,2,4,6,8-9H2,1H3,(H,16,18).